The predicted molar refractivity (Wildman–Crippen MR) is 73.5 cm³/mol. The van der Waals surface area contributed by atoms with E-state index in [1.165, 1.54) is 6.07 Å². The third kappa shape index (κ3) is 3.37. The fraction of sp³-hybridized carbons (Fsp3) is 0.643. The van der Waals surface area contributed by atoms with Gasteiger partial charge < -0.3 is 10.0 Å². The first-order valence-electron chi connectivity index (χ1n) is 7.03. The summed E-state index contributed by atoms with van der Waals surface area (Å²) in [7, 11) is 0. The molecule has 0 saturated carbocycles. The molecule has 6 nitrogen and oxygen atoms in total. The third-order valence-electron chi connectivity index (χ3n) is 3.60. The summed E-state index contributed by atoms with van der Waals surface area (Å²) < 4.78 is 1.72. The van der Waals surface area contributed by atoms with Crippen molar-refractivity contribution in [1.82, 2.24) is 14.7 Å². The average Bonchev–Trinajstić information content (AvgIpc) is 2.88. The zero-order valence-electron chi connectivity index (χ0n) is 12.0. The molecular weight excluding hydrogens is 258 g/mol. The molecule has 20 heavy (non-hydrogen) atoms. The molecule has 0 atom stereocenters. The lowest BCUT2D eigenvalue weighted by Gasteiger charge is -2.32. The molecule has 0 spiro atoms. The first kappa shape index (κ1) is 14.6. The van der Waals surface area contributed by atoms with E-state index in [2.05, 4.69) is 5.10 Å². The average molecular weight is 279 g/mol. The van der Waals surface area contributed by atoms with Crippen molar-refractivity contribution in [2.24, 2.45) is 5.92 Å². The molecule has 1 aromatic rings. The van der Waals surface area contributed by atoms with Crippen LogP contribution in [0, 0.1) is 5.92 Å². The van der Waals surface area contributed by atoms with E-state index in [9.17, 15) is 9.59 Å². The molecule has 1 aromatic heterocycles. The van der Waals surface area contributed by atoms with Gasteiger partial charge in [-0.15, -0.1) is 0 Å². The van der Waals surface area contributed by atoms with E-state index in [4.69, 9.17) is 5.11 Å². The first-order valence-corrected chi connectivity index (χ1v) is 7.03. The normalized spacial score (nSPS) is 16.6. The number of amides is 1. The Kier molecular flexibility index (Phi) is 4.42. The van der Waals surface area contributed by atoms with Crippen LogP contribution in [0.5, 0.6) is 0 Å². The van der Waals surface area contributed by atoms with Crippen molar-refractivity contribution >= 4 is 11.9 Å². The van der Waals surface area contributed by atoms with Gasteiger partial charge in [0.25, 0.3) is 0 Å². The van der Waals surface area contributed by atoms with Gasteiger partial charge in [0.2, 0.25) is 5.91 Å². The van der Waals surface area contributed by atoms with Crippen LogP contribution in [0.25, 0.3) is 0 Å². The van der Waals surface area contributed by atoms with Crippen molar-refractivity contribution < 1.29 is 14.7 Å². The smallest absolute Gasteiger partial charge is 0.356 e. The molecule has 6 heteroatoms. The molecule has 1 fully saturated rings. The van der Waals surface area contributed by atoms with Gasteiger partial charge in [-0.3, -0.25) is 9.48 Å². The minimum absolute atomic E-state index is 0.0725. The topological polar surface area (TPSA) is 75.4 Å². The van der Waals surface area contributed by atoms with Crippen LogP contribution >= 0.6 is 0 Å². The number of carboxylic acid groups (broad SMARTS) is 1. The second-order valence-corrected chi connectivity index (χ2v) is 5.70. The van der Waals surface area contributed by atoms with Crippen LogP contribution in [-0.2, 0) is 4.79 Å². The van der Waals surface area contributed by atoms with Gasteiger partial charge in [0, 0.05) is 25.7 Å². The van der Waals surface area contributed by atoms with Gasteiger partial charge in [-0.1, -0.05) is 13.8 Å². The molecule has 1 amide bonds. The van der Waals surface area contributed by atoms with Crippen LogP contribution in [0.1, 0.15) is 49.6 Å². The molecule has 0 aliphatic carbocycles. The Morgan fingerprint density at radius 3 is 2.55 bits per heavy atom. The third-order valence-corrected chi connectivity index (χ3v) is 3.60. The van der Waals surface area contributed by atoms with Crippen LogP contribution in [0.4, 0.5) is 0 Å². The van der Waals surface area contributed by atoms with Crippen molar-refractivity contribution in [2.45, 2.75) is 39.2 Å². The summed E-state index contributed by atoms with van der Waals surface area (Å²) in [5.41, 5.74) is 0.0725. The Hall–Kier alpha value is -1.85. The van der Waals surface area contributed by atoms with Gasteiger partial charge >= 0.3 is 5.97 Å². The lowest BCUT2D eigenvalue weighted by Crippen LogP contribution is -2.39. The number of hydrogen-bond donors (Lipinski definition) is 1. The minimum atomic E-state index is -1.01. The fourth-order valence-corrected chi connectivity index (χ4v) is 2.51. The second kappa shape index (κ2) is 6.07. The van der Waals surface area contributed by atoms with Crippen LogP contribution in [0.15, 0.2) is 12.3 Å². The predicted octanol–water partition coefficient (Wildman–Crippen LogP) is 1.79. The lowest BCUT2D eigenvalue weighted by atomic mass is 10.0. The number of carbonyl (C=O) groups excluding carboxylic acids is 1. The highest BCUT2D eigenvalue weighted by Gasteiger charge is 2.24. The number of carbonyl (C=O) groups is 2. The van der Waals surface area contributed by atoms with E-state index in [0.717, 1.165) is 25.9 Å². The number of likely N-dealkylation sites (tertiary alicyclic amines) is 1. The van der Waals surface area contributed by atoms with Gasteiger partial charge in [0.15, 0.2) is 5.69 Å². The van der Waals surface area contributed by atoms with Gasteiger partial charge in [-0.25, -0.2) is 4.79 Å². The Morgan fingerprint density at radius 1 is 1.40 bits per heavy atom. The van der Waals surface area contributed by atoms with Crippen molar-refractivity contribution in [3.63, 3.8) is 0 Å². The number of aromatic carboxylic acids is 1. The van der Waals surface area contributed by atoms with E-state index in [0.29, 0.717) is 12.3 Å². The zero-order valence-corrected chi connectivity index (χ0v) is 12.0. The van der Waals surface area contributed by atoms with Crippen molar-refractivity contribution in [1.29, 1.82) is 0 Å². The summed E-state index contributed by atoms with van der Waals surface area (Å²) >= 11 is 0. The monoisotopic (exact) mass is 279 g/mol. The minimum Gasteiger partial charge on any atom is -0.476 e. The largest absolute Gasteiger partial charge is 0.476 e. The van der Waals surface area contributed by atoms with E-state index in [1.54, 1.807) is 10.9 Å². The molecule has 0 bridgehead atoms. The molecular formula is C14H21N3O3. The molecule has 1 saturated heterocycles. The number of carboxylic acids is 1. The molecule has 1 N–H and O–H groups in total. The van der Waals surface area contributed by atoms with Gasteiger partial charge in [0.1, 0.15) is 0 Å². The van der Waals surface area contributed by atoms with Crippen LogP contribution in [0.2, 0.25) is 0 Å². The Balaban J connectivity index is 1.90. The van der Waals surface area contributed by atoms with Gasteiger partial charge in [0.05, 0.1) is 6.04 Å². The summed E-state index contributed by atoms with van der Waals surface area (Å²) in [6.07, 6.45) is 3.95. The number of piperidine rings is 1. The Bertz CT molecular complexity index is 488. The first-order chi connectivity index (χ1) is 9.47. The van der Waals surface area contributed by atoms with Gasteiger partial charge in [-0.2, -0.15) is 5.10 Å². The quantitative estimate of drug-likeness (QED) is 0.911. The van der Waals surface area contributed by atoms with Crippen LogP contribution in [0.3, 0.4) is 0 Å². The Morgan fingerprint density at radius 2 is 2.05 bits per heavy atom. The van der Waals surface area contributed by atoms with Crippen LogP contribution < -0.4 is 0 Å². The lowest BCUT2D eigenvalue weighted by molar-refractivity contribution is -0.133. The molecule has 1 aliphatic heterocycles. The number of hydrogen-bond acceptors (Lipinski definition) is 3. The number of rotatable bonds is 4. The maximum atomic E-state index is 12.0. The van der Waals surface area contributed by atoms with E-state index >= 15 is 0 Å². The number of aromatic nitrogens is 2. The molecule has 0 radical (unpaired) electrons. The standard InChI is InChI=1S/C14H21N3O3/c1-10(2)9-13(18)16-6-3-11(4-7-16)17-8-5-12(15-17)14(19)20/h5,8,10-11H,3-4,6-7,9H2,1-2H3,(H,19,20). The maximum Gasteiger partial charge on any atom is 0.356 e. The van der Waals surface area contributed by atoms with Gasteiger partial charge in [-0.05, 0) is 24.8 Å². The SMILES string of the molecule is CC(C)CC(=O)N1CCC(n2ccc(C(=O)O)n2)CC1. The second-order valence-electron chi connectivity index (χ2n) is 5.70. The molecule has 0 aromatic carbocycles. The fourth-order valence-electron chi connectivity index (χ4n) is 2.51. The summed E-state index contributed by atoms with van der Waals surface area (Å²) in [5.74, 6) is -0.414. The highest BCUT2D eigenvalue weighted by Crippen LogP contribution is 2.23. The molecule has 2 heterocycles. The van der Waals surface area contributed by atoms with Crippen molar-refractivity contribution in [2.75, 3.05) is 13.1 Å². The molecule has 1 aliphatic rings. The molecule has 0 unspecified atom stereocenters. The molecule has 110 valence electrons. The number of nitrogens with zero attached hydrogens (tertiary/aromatic N) is 3. The van der Waals surface area contributed by atoms with E-state index in [-0.39, 0.29) is 17.6 Å². The molecule has 2 rings (SSSR count). The summed E-state index contributed by atoms with van der Waals surface area (Å²) in [5, 5.41) is 12.9. The summed E-state index contributed by atoms with van der Waals surface area (Å²) in [6, 6.07) is 1.70. The summed E-state index contributed by atoms with van der Waals surface area (Å²) in [4.78, 5) is 24.7. The highest BCUT2D eigenvalue weighted by atomic mass is 16.4. The van der Waals surface area contributed by atoms with Crippen molar-refractivity contribution in [3.05, 3.63) is 18.0 Å². The summed E-state index contributed by atoms with van der Waals surface area (Å²) in [6.45, 7) is 5.53. The van der Waals surface area contributed by atoms with Crippen LogP contribution in [-0.4, -0.2) is 44.8 Å². The zero-order chi connectivity index (χ0) is 14.7. The maximum absolute atomic E-state index is 12.0. The Labute approximate surface area is 118 Å². The van der Waals surface area contributed by atoms with E-state index in [1.807, 2.05) is 18.7 Å². The highest BCUT2D eigenvalue weighted by molar-refractivity contribution is 5.85. The van der Waals surface area contributed by atoms with Crippen molar-refractivity contribution in [3.8, 4) is 0 Å². The van der Waals surface area contributed by atoms with E-state index < -0.39 is 5.97 Å².